The predicted octanol–water partition coefficient (Wildman–Crippen LogP) is 1.78. The molecule has 1 heterocycles. The van der Waals surface area contributed by atoms with Crippen molar-refractivity contribution in [2.24, 2.45) is 0 Å². The molecule has 0 aliphatic heterocycles. The second kappa shape index (κ2) is 6.13. The Morgan fingerprint density at radius 3 is 2.77 bits per heavy atom. The van der Waals surface area contributed by atoms with Crippen LogP contribution in [0.1, 0.15) is 23.1 Å². The summed E-state index contributed by atoms with van der Waals surface area (Å²) in [4.78, 5) is 2.83. The van der Waals surface area contributed by atoms with Crippen LogP contribution in [0.25, 0.3) is 0 Å². The lowest BCUT2D eigenvalue weighted by molar-refractivity contribution is 0.286. The summed E-state index contributed by atoms with van der Waals surface area (Å²) in [5.74, 6) is 0. The summed E-state index contributed by atoms with van der Waals surface area (Å²) in [5.41, 5.74) is 0. The minimum Gasteiger partial charge on any atom is -0.396 e. The van der Waals surface area contributed by atoms with Crippen LogP contribution in [0.4, 0.5) is 0 Å². The van der Waals surface area contributed by atoms with Gasteiger partial charge in [-0.25, -0.2) is 0 Å². The van der Waals surface area contributed by atoms with Gasteiger partial charge in [-0.15, -0.1) is 11.3 Å². The Bertz CT molecular complexity index is 235. The van der Waals surface area contributed by atoms with E-state index in [9.17, 15) is 0 Å². The maximum Gasteiger partial charge on any atom is 0.0443 e. The van der Waals surface area contributed by atoms with Crippen molar-refractivity contribution in [3.05, 3.63) is 21.9 Å². The molecule has 0 saturated heterocycles. The lowest BCUT2D eigenvalue weighted by atomic mass is 10.3. The third-order valence-electron chi connectivity index (χ3n) is 1.88. The minimum absolute atomic E-state index is 0.275. The number of hydrogen-bond acceptors (Lipinski definition) is 3. The Labute approximate surface area is 83.6 Å². The number of aliphatic hydroxyl groups is 1. The topological polar surface area (TPSA) is 32.3 Å². The average molecular weight is 199 g/mol. The van der Waals surface area contributed by atoms with Gasteiger partial charge in [0, 0.05) is 22.9 Å². The number of aliphatic hydroxyl groups excluding tert-OH is 1. The lowest BCUT2D eigenvalue weighted by Crippen LogP contribution is -2.14. The van der Waals surface area contributed by atoms with E-state index in [0.717, 1.165) is 25.9 Å². The van der Waals surface area contributed by atoms with Crippen molar-refractivity contribution in [2.45, 2.75) is 26.3 Å². The minimum atomic E-state index is 0.275. The maximum atomic E-state index is 8.57. The first-order valence-corrected chi connectivity index (χ1v) is 5.57. The molecule has 0 amide bonds. The smallest absolute Gasteiger partial charge is 0.0443 e. The van der Waals surface area contributed by atoms with Crippen molar-refractivity contribution in [1.29, 1.82) is 0 Å². The molecular formula is C10H17NOS. The van der Waals surface area contributed by atoms with Crippen molar-refractivity contribution < 1.29 is 5.11 Å². The van der Waals surface area contributed by atoms with Crippen molar-refractivity contribution in [2.75, 3.05) is 13.2 Å². The van der Waals surface area contributed by atoms with Gasteiger partial charge in [0.25, 0.3) is 0 Å². The van der Waals surface area contributed by atoms with Gasteiger partial charge in [0.05, 0.1) is 0 Å². The quantitative estimate of drug-likeness (QED) is 0.685. The Balaban J connectivity index is 2.20. The fourth-order valence-corrected chi connectivity index (χ4v) is 2.05. The molecule has 0 spiro atoms. The molecule has 2 N–H and O–H groups in total. The fraction of sp³-hybridized carbons (Fsp3) is 0.600. The third kappa shape index (κ3) is 3.89. The standard InChI is InChI=1S/C10H17NOS/c1-2-9-4-5-10(13-9)8-11-6-3-7-12/h4-5,11-12H,2-3,6-8H2,1H3. The first-order chi connectivity index (χ1) is 6.36. The second-order valence-corrected chi connectivity index (χ2v) is 4.23. The van der Waals surface area contributed by atoms with Gasteiger partial charge in [-0.2, -0.15) is 0 Å². The molecular weight excluding hydrogens is 182 g/mol. The second-order valence-electron chi connectivity index (χ2n) is 2.98. The van der Waals surface area contributed by atoms with Gasteiger partial charge < -0.3 is 10.4 Å². The van der Waals surface area contributed by atoms with Gasteiger partial charge in [0.2, 0.25) is 0 Å². The highest BCUT2D eigenvalue weighted by atomic mass is 32.1. The highest BCUT2D eigenvalue weighted by molar-refractivity contribution is 7.11. The van der Waals surface area contributed by atoms with E-state index >= 15 is 0 Å². The normalized spacial score (nSPS) is 10.6. The molecule has 0 bridgehead atoms. The van der Waals surface area contributed by atoms with E-state index in [1.54, 1.807) is 0 Å². The summed E-state index contributed by atoms with van der Waals surface area (Å²) < 4.78 is 0. The summed E-state index contributed by atoms with van der Waals surface area (Å²) in [6.45, 7) is 4.28. The van der Waals surface area contributed by atoms with Crippen LogP contribution < -0.4 is 5.32 Å². The Hall–Kier alpha value is -0.380. The molecule has 0 fully saturated rings. The molecule has 0 atom stereocenters. The van der Waals surface area contributed by atoms with E-state index in [4.69, 9.17) is 5.11 Å². The first kappa shape index (κ1) is 10.7. The number of rotatable bonds is 6. The fourth-order valence-electron chi connectivity index (χ4n) is 1.12. The zero-order chi connectivity index (χ0) is 9.52. The van der Waals surface area contributed by atoms with Crippen molar-refractivity contribution in [3.63, 3.8) is 0 Å². The number of nitrogens with one attached hydrogen (secondary N) is 1. The third-order valence-corrected chi connectivity index (χ3v) is 3.11. The van der Waals surface area contributed by atoms with Gasteiger partial charge in [0.15, 0.2) is 0 Å². The van der Waals surface area contributed by atoms with Crippen LogP contribution in [0.3, 0.4) is 0 Å². The van der Waals surface area contributed by atoms with Crippen molar-refractivity contribution in [3.8, 4) is 0 Å². The zero-order valence-corrected chi connectivity index (χ0v) is 8.86. The molecule has 74 valence electrons. The molecule has 0 aliphatic carbocycles. The number of thiophene rings is 1. The summed E-state index contributed by atoms with van der Waals surface area (Å²) in [7, 11) is 0. The monoisotopic (exact) mass is 199 g/mol. The molecule has 3 heteroatoms. The molecule has 0 aromatic carbocycles. The highest BCUT2D eigenvalue weighted by Gasteiger charge is 1.97. The van der Waals surface area contributed by atoms with Crippen LogP contribution in [-0.4, -0.2) is 18.3 Å². The number of aryl methyl sites for hydroxylation is 1. The molecule has 1 aromatic heterocycles. The molecule has 1 aromatic rings. The molecule has 0 saturated carbocycles. The Morgan fingerprint density at radius 1 is 1.38 bits per heavy atom. The summed E-state index contributed by atoms with van der Waals surface area (Å²) in [6, 6.07) is 4.36. The van der Waals surface area contributed by atoms with Crippen molar-refractivity contribution in [1.82, 2.24) is 5.32 Å². The van der Waals surface area contributed by atoms with Crippen LogP contribution >= 0.6 is 11.3 Å². The predicted molar refractivity (Wildman–Crippen MR) is 57.1 cm³/mol. The summed E-state index contributed by atoms with van der Waals surface area (Å²) in [6.07, 6.45) is 1.97. The lowest BCUT2D eigenvalue weighted by Gasteiger charge is -1.99. The molecule has 13 heavy (non-hydrogen) atoms. The largest absolute Gasteiger partial charge is 0.396 e. The van der Waals surface area contributed by atoms with Crippen LogP contribution in [-0.2, 0) is 13.0 Å². The van der Waals surface area contributed by atoms with E-state index in [1.165, 1.54) is 9.75 Å². The van der Waals surface area contributed by atoms with Crippen LogP contribution in [0.2, 0.25) is 0 Å². The van der Waals surface area contributed by atoms with Gasteiger partial charge in [-0.1, -0.05) is 6.92 Å². The van der Waals surface area contributed by atoms with E-state index in [0.29, 0.717) is 0 Å². The SMILES string of the molecule is CCc1ccc(CNCCCO)s1. The first-order valence-electron chi connectivity index (χ1n) is 4.76. The molecule has 0 aliphatic rings. The molecule has 2 nitrogen and oxygen atoms in total. The van der Waals surface area contributed by atoms with E-state index < -0.39 is 0 Å². The summed E-state index contributed by atoms with van der Waals surface area (Å²) >= 11 is 1.87. The number of hydrogen-bond donors (Lipinski definition) is 2. The van der Waals surface area contributed by atoms with E-state index in [1.807, 2.05) is 11.3 Å². The highest BCUT2D eigenvalue weighted by Crippen LogP contribution is 2.16. The zero-order valence-electron chi connectivity index (χ0n) is 8.05. The molecule has 1 rings (SSSR count). The van der Waals surface area contributed by atoms with Crippen LogP contribution in [0.5, 0.6) is 0 Å². The molecule has 0 unspecified atom stereocenters. The summed E-state index contributed by atoms with van der Waals surface area (Å²) in [5, 5.41) is 11.9. The van der Waals surface area contributed by atoms with Gasteiger partial charge in [-0.05, 0) is 31.5 Å². The average Bonchev–Trinajstić information content (AvgIpc) is 2.60. The van der Waals surface area contributed by atoms with E-state index in [-0.39, 0.29) is 6.61 Å². The maximum absolute atomic E-state index is 8.57. The Morgan fingerprint density at radius 2 is 2.15 bits per heavy atom. The van der Waals surface area contributed by atoms with Crippen LogP contribution in [0, 0.1) is 0 Å². The van der Waals surface area contributed by atoms with Crippen molar-refractivity contribution >= 4 is 11.3 Å². The van der Waals surface area contributed by atoms with Crippen LogP contribution in [0.15, 0.2) is 12.1 Å². The van der Waals surface area contributed by atoms with E-state index in [2.05, 4.69) is 24.4 Å². The van der Waals surface area contributed by atoms with Gasteiger partial charge in [0.1, 0.15) is 0 Å². The molecule has 0 radical (unpaired) electrons. The Kier molecular flexibility index (Phi) is 5.05. The van der Waals surface area contributed by atoms with Gasteiger partial charge in [-0.3, -0.25) is 0 Å². The van der Waals surface area contributed by atoms with Gasteiger partial charge >= 0.3 is 0 Å².